The number of hydrogen-bond acceptors (Lipinski definition) is 2. The van der Waals surface area contributed by atoms with Crippen LogP contribution in [0.5, 0.6) is 0 Å². The average molecular weight is 187 g/mol. The largest absolute Gasteiger partial charge is 0.380 e. The molecule has 13 heavy (non-hydrogen) atoms. The Balaban J connectivity index is 3.75. The van der Waals surface area contributed by atoms with E-state index in [1.54, 1.807) is 0 Å². The van der Waals surface area contributed by atoms with Crippen LogP contribution in [0, 0.1) is 5.92 Å². The molecular formula is C11H25NO. The third kappa shape index (κ3) is 6.05. The molecule has 2 unspecified atom stereocenters. The number of rotatable bonds is 8. The first-order valence-corrected chi connectivity index (χ1v) is 5.57. The first-order valence-electron chi connectivity index (χ1n) is 5.57. The molecule has 0 amide bonds. The lowest BCUT2D eigenvalue weighted by atomic mass is 9.97. The van der Waals surface area contributed by atoms with Crippen LogP contribution in [0.2, 0.25) is 0 Å². The van der Waals surface area contributed by atoms with Gasteiger partial charge in [-0.25, -0.2) is 0 Å². The third-order valence-electron chi connectivity index (χ3n) is 2.40. The highest BCUT2D eigenvalue weighted by Crippen LogP contribution is 2.10. The van der Waals surface area contributed by atoms with Crippen molar-refractivity contribution in [2.45, 2.75) is 46.6 Å². The van der Waals surface area contributed by atoms with Gasteiger partial charge in [-0.3, -0.25) is 0 Å². The minimum atomic E-state index is 0.532. The zero-order chi connectivity index (χ0) is 10.1. The van der Waals surface area contributed by atoms with Gasteiger partial charge in [-0.15, -0.1) is 0 Å². The first-order chi connectivity index (χ1) is 6.26. The van der Waals surface area contributed by atoms with Crippen LogP contribution in [0.15, 0.2) is 0 Å². The fourth-order valence-electron chi connectivity index (χ4n) is 1.59. The second-order valence-corrected chi connectivity index (χ2v) is 3.59. The summed E-state index contributed by atoms with van der Waals surface area (Å²) in [6, 6.07) is 0.532. The van der Waals surface area contributed by atoms with E-state index in [1.807, 2.05) is 6.92 Å². The second kappa shape index (κ2) is 8.52. The third-order valence-corrected chi connectivity index (χ3v) is 2.40. The lowest BCUT2D eigenvalue weighted by Gasteiger charge is -2.24. The number of ether oxygens (including phenoxy) is 1. The second-order valence-electron chi connectivity index (χ2n) is 3.59. The van der Waals surface area contributed by atoms with Crippen molar-refractivity contribution in [1.29, 1.82) is 0 Å². The lowest BCUT2D eigenvalue weighted by molar-refractivity contribution is 0.104. The maximum atomic E-state index is 5.45. The molecule has 0 saturated carbocycles. The quantitative estimate of drug-likeness (QED) is 0.630. The van der Waals surface area contributed by atoms with Crippen molar-refractivity contribution in [2.75, 3.05) is 19.8 Å². The van der Waals surface area contributed by atoms with E-state index in [4.69, 9.17) is 4.74 Å². The van der Waals surface area contributed by atoms with Gasteiger partial charge in [-0.05, 0) is 25.8 Å². The Morgan fingerprint density at radius 1 is 1.23 bits per heavy atom. The van der Waals surface area contributed by atoms with Gasteiger partial charge in [0.2, 0.25) is 0 Å². The van der Waals surface area contributed by atoms with Crippen molar-refractivity contribution in [1.82, 2.24) is 5.32 Å². The molecule has 1 N–H and O–H groups in total. The SMILES string of the molecule is CCCC(C)C(COCC)NCC. The van der Waals surface area contributed by atoms with Gasteiger partial charge < -0.3 is 10.1 Å². The summed E-state index contributed by atoms with van der Waals surface area (Å²) in [4.78, 5) is 0. The molecule has 0 aromatic carbocycles. The smallest absolute Gasteiger partial charge is 0.0622 e. The summed E-state index contributed by atoms with van der Waals surface area (Å²) in [5.74, 6) is 0.719. The summed E-state index contributed by atoms with van der Waals surface area (Å²) in [5.41, 5.74) is 0. The fraction of sp³-hybridized carbons (Fsp3) is 1.00. The highest BCUT2D eigenvalue weighted by Gasteiger charge is 2.14. The van der Waals surface area contributed by atoms with Crippen LogP contribution in [-0.4, -0.2) is 25.8 Å². The molecule has 0 aliphatic rings. The predicted molar refractivity (Wildman–Crippen MR) is 58.0 cm³/mol. The van der Waals surface area contributed by atoms with Gasteiger partial charge in [0.15, 0.2) is 0 Å². The van der Waals surface area contributed by atoms with Crippen LogP contribution in [0.1, 0.15) is 40.5 Å². The van der Waals surface area contributed by atoms with Gasteiger partial charge in [0, 0.05) is 12.6 Å². The molecule has 0 aromatic rings. The maximum absolute atomic E-state index is 5.45. The van der Waals surface area contributed by atoms with Crippen molar-refractivity contribution >= 4 is 0 Å². The van der Waals surface area contributed by atoms with Gasteiger partial charge >= 0.3 is 0 Å². The van der Waals surface area contributed by atoms with Crippen LogP contribution in [0.25, 0.3) is 0 Å². The molecule has 0 radical (unpaired) electrons. The molecule has 0 saturated heterocycles. The van der Waals surface area contributed by atoms with Crippen LogP contribution < -0.4 is 5.32 Å². The minimum absolute atomic E-state index is 0.532. The number of nitrogens with one attached hydrogen (secondary N) is 1. The van der Waals surface area contributed by atoms with Gasteiger partial charge in [0.25, 0.3) is 0 Å². The Morgan fingerprint density at radius 2 is 1.92 bits per heavy atom. The summed E-state index contributed by atoms with van der Waals surface area (Å²) < 4.78 is 5.45. The molecule has 0 rings (SSSR count). The van der Waals surface area contributed by atoms with E-state index < -0.39 is 0 Å². The molecule has 0 spiro atoms. The first kappa shape index (κ1) is 12.9. The van der Waals surface area contributed by atoms with Crippen molar-refractivity contribution in [3.8, 4) is 0 Å². The van der Waals surface area contributed by atoms with Crippen LogP contribution in [-0.2, 0) is 4.74 Å². The highest BCUT2D eigenvalue weighted by molar-refractivity contribution is 4.71. The van der Waals surface area contributed by atoms with E-state index in [0.717, 1.165) is 25.7 Å². The molecule has 2 atom stereocenters. The molecule has 80 valence electrons. The zero-order valence-corrected chi connectivity index (χ0v) is 9.60. The van der Waals surface area contributed by atoms with Crippen molar-refractivity contribution in [3.05, 3.63) is 0 Å². The number of likely N-dealkylation sites (N-methyl/N-ethyl adjacent to an activating group) is 1. The topological polar surface area (TPSA) is 21.3 Å². The molecule has 0 aliphatic heterocycles. The summed E-state index contributed by atoms with van der Waals surface area (Å²) in [5, 5.41) is 3.48. The normalized spacial score (nSPS) is 15.7. The van der Waals surface area contributed by atoms with E-state index >= 15 is 0 Å². The Hall–Kier alpha value is -0.0800. The lowest BCUT2D eigenvalue weighted by Crippen LogP contribution is -2.38. The number of hydrogen-bond donors (Lipinski definition) is 1. The summed E-state index contributed by atoms with van der Waals surface area (Å²) >= 11 is 0. The molecule has 2 nitrogen and oxygen atoms in total. The van der Waals surface area contributed by atoms with E-state index in [2.05, 4.69) is 26.1 Å². The summed E-state index contributed by atoms with van der Waals surface area (Å²) in [6.45, 7) is 11.4. The Kier molecular flexibility index (Phi) is 8.46. The van der Waals surface area contributed by atoms with Crippen molar-refractivity contribution < 1.29 is 4.74 Å². The maximum Gasteiger partial charge on any atom is 0.0622 e. The monoisotopic (exact) mass is 187 g/mol. The van der Waals surface area contributed by atoms with E-state index in [9.17, 15) is 0 Å². The van der Waals surface area contributed by atoms with E-state index in [-0.39, 0.29) is 0 Å². The molecule has 0 aliphatic carbocycles. The Bertz CT molecular complexity index is 106. The Labute approximate surface area is 83.1 Å². The molecule has 0 aromatic heterocycles. The summed E-state index contributed by atoms with van der Waals surface area (Å²) in [7, 11) is 0. The van der Waals surface area contributed by atoms with E-state index in [1.165, 1.54) is 12.8 Å². The molecule has 0 bridgehead atoms. The van der Waals surface area contributed by atoms with Gasteiger partial charge in [-0.2, -0.15) is 0 Å². The molecule has 0 fully saturated rings. The fourth-order valence-corrected chi connectivity index (χ4v) is 1.59. The average Bonchev–Trinajstić information content (AvgIpc) is 2.12. The van der Waals surface area contributed by atoms with Crippen LogP contribution >= 0.6 is 0 Å². The van der Waals surface area contributed by atoms with Gasteiger partial charge in [0.05, 0.1) is 6.61 Å². The minimum Gasteiger partial charge on any atom is -0.380 e. The molecule has 2 heteroatoms. The predicted octanol–water partition coefficient (Wildman–Crippen LogP) is 2.44. The van der Waals surface area contributed by atoms with Crippen molar-refractivity contribution in [3.63, 3.8) is 0 Å². The van der Waals surface area contributed by atoms with Gasteiger partial charge in [0.1, 0.15) is 0 Å². The Morgan fingerprint density at radius 3 is 2.38 bits per heavy atom. The van der Waals surface area contributed by atoms with Crippen LogP contribution in [0.3, 0.4) is 0 Å². The van der Waals surface area contributed by atoms with Gasteiger partial charge in [-0.1, -0.05) is 27.2 Å². The summed E-state index contributed by atoms with van der Waals surface area (Å²) in [6.07, 6.45) is 2.54. The van der Waals surface area contributed by atoms with E-state index in [0.29, 0.717) is 6.04 Å². The molecular weight excluding hydrogens is 162 g/mol. The zero-order valence-electron chi connectivity index (χ0n) is 9.60. The standard InChI is InChI=1S/C11H25NO/c1-5-8-10(4)11(12-6-2)9-13-7-3/h10-12H,5-9H2,1-4H3. The highest BCUT2D eigenvalue weighted by atomic mass is 16.5. The van der Waals surface area contributed by atoms with Crippen molar-refractivity contribution in [2.24, 2.45) is 5.92 Å². The molecule has 0 heterocycles. The van der Waals surface area contributed by atoms with Crippen LogP contribution in [0.4, 0.5) is 0 Å².